The van der Waals surface area contributed by atoms with Crippen molar-refractivity contribution in [3.8, 4) is 0 Å². The molecule has 0 aliphatic carbocycles. The molecule has 16 heavy (non-hydrogen) atoms. The Hall–Kier alpha value is -0.820. The van der Waals surface area contributed by atoms with Crippen molar-refractivity contribution in [1.29, 1.82) is 0 Å². The standard InChI is InChI=1S/C9H19N3O3S/c1-7(9(10)11-13)5-12(2)8-3-4-16(14,15)6-8/h7-8,13H,3-6H2,1-2H3,(H2,10,11). The van der Waals surface area contributed by atoms with Gasteiger partial charge >= 0.3 is 0 Å². The van der Waals surface area contributed by atoms with Crippen LogP contribution in [0.1, 0.15) is 13.3 Å². The third-order valence-electron chi connectivity index (χ3n) is 3.01. The van der Waals surface area contributed by atoms with Gasteiger partial charge in [-0.25, -0.2) is 8.42 Å². The number of rotatable bonds is 4. The summed E-state index contributed by atoms with van der Waals surface area (Å²) in [6, 6.07) is 0.0546. The van der Waals surface area contributed by atoms with Gasteiger partial charge in [0.1, 0.15) is 5.84 Å². The van der Waals surface area contributed by atoms with Crippen LogP contribution in [0.2, 0.25) is 0 Å². The minimum atomic E-state index is -2.85. The van der Waals surface area contributed by atoms with Gasteiger partial charge < -0.3 is 15.8 Å². The Morgan fingerprint density at radius 2 is 2.31 bits per heavy atom. The zero-order chi connectivity index (χ0) is 12.3. The van der Waals surface area contributed by atoms with E-state index >= 15 is 0 Å². The molecular formula is C9H19N3O3S. The van der Waals surface area contributed by atoms with Crippen molar-refractivity contribution >= 4 is 15.7 Å². The zero-order valence-corrected chi connectivity index (χ0v) is 10.4. The van der Waals surface area contributed by atoms with Gasteiger partial charge in [-0.2, -0.15) is 0 Å². The molecule has 1 saturated heterocycles. The van der Waals surface area contributed by atoms with E-state index in [9.17, 15) is 8.42 Å². The summed E-state index contributed by atoms with van der Waals surface area (Å²) in [5.74, 6) is 0.567. The second-order valence-corrected chi connectivity index (χ2v) is 6.65. The lowest BCUT2D eigenvalue weighted by Gasteiger charge is -2.25. The number of amidine groups is 1. The first kappa shape index (κ1) is 13.2. The lowest BCUT2D eigenvalue weighted by atomic mass is 10.1. The molecule has 6 nitrogen and oxygen atoms in total. The van der Waals surface area contributed by atoms with E-state index in [1.54, 1.807) is 0 Å². The van der Waals surface area contributed by atoms with Gasteiger partial charge in [-0.05, 0) is 13.5 Å². The highest BCUT2D eigenvalue weighted by Crippen LogP contribution is 2.17. The SMILES string of the molecule is CC(CN(C)C1CCS(=O)(=O)C1)/C(N)=N/O. The molecule has 94 valence electrons. The summed E-state index contributed by atoms with van der Waals surface area (Å²) in [5.41, 5.74) is 5.47. The van der Waals surface area contributed by atoms with Crippen LogP contribution < -0.4 is 5.73 Å². The Morgan fingerprint density at radius 3 is 2.75 bits per heavy atom. The Labute approximate surface area is 96.0 Å². The molecule has 0 radical (unpaired) electrons. The molecule has 1 rings (SSSR count). The fourth-order valence-electron chi connectivity index (χ4n) is 1.90. The number of sulfone groups is 1. The Balaban J connectivity index is 2.51. The minimum Gasteiger partial charge on any atom is -0.409 e. The summed E-state index contributed by atoms with van der Waals surface area (Å²) in [6.07, 6.45) is 0.668. The van der Waals surface area contributed by atoms with E-state index in [4.69, 9.17) is 10.9 Å². The first-order chi connectivity index (χ1) is 7.35. The molecule has 0 bridgehead atoms. The van der Waals surface area contributed by atoms with Gasteiger partial charge in [0.25, 0.3) is 0 Å². The first-order valence-corrected chi connectivity index (χ1v) is 7.06. The van der Waals surface area contributed by atoms with Crippen LogP contribution in [-0.4, -0.2) is 55.5 Å². The van der Waals surface area contributed by atoms with E-state index in [0.29, 0.717) is 13.0 Å². The Morgan fingerprint density at radius 1 is 1.69 bits per heavy atom. The maximum atomic E-state index is 11.3. The Bertz CT molecular complexity index is 366. The summed E-state index contributed by atoms with van der Waals surface area (Å²) >= 11 is 0. The summed E-state index contributed by atoms with van der Waals surface area (Å²) in [7, 11) is -0.987. The van der Waals surface area contributed by atoms with Crippen LogP contribution in [0.5, 0.6) is 0 Å². The number of nitrogens with two attached hydrogens (primary N) is 1. The van der Waals surface area contributed by atoms with Crippen molar-refractivity contribution < 1.29 is 13.6 Å². The normalized spacial score (nSPS) is 27.2. The molecule has 2 atom stereocenters. The van der Waals surface area contributed by atoms with Gasteiger partial charge in [-0.1, -0.05) is 12.1 Å². The average molecular weight is 249 g/mol. The summed E-state index contributed by atoms with van der Waals surface area (Å²) in [4.78, 5) is 1.97. The molecule has 0 aromatic heterocycles. The molecule has 3 N–H and O–H groups in total. The van der Waals surface area contributed by atoms with E-state index in [1.165, 1.54) is 0 Å². The largest absolute Gasteiger partial charge is 0.409 e. The maximum absolute atomic E-state index is 11.3. The second kappa shape index (κ2) is 5.01. The molecule has 0 aromatic rings. The van der Waals surface area contributed by atoms with Crippen LogP contribution >= 0.6 is 0 Å². The maximum Gasteiger partial charge on any atom is 0.151 e. The lowest BCUT2D eigenvalue weighted by Crippen LogP contribution is -2.39. The van der Waals surface area contributed by atoms with Crippen molar-refractivity contribution in [2.24, 2.45) is 16.8 Å². The van der Waals surface area contributed by atoms with Crippen molar-refractivity contribution in [2.75, 3.05) is 25.1 Å². The lowest BCUT2D eigenvalue weighted by molar-refractivity contribution is 0.243. The molecule has 1 aliphatic heterocycles. The smallest absolute Gasteiger partial charge is 0.151 e. The van der Waals surface area contributed by atoms with E-state index in [1.807, 2.05) is 18.9 Å². The molecule has 1 heterocycles. The number of nitrogens with zero attached hydrogens (tertiary/aromatic N) is 2. The van der Waals surface area contributed by atoms with E-state index in [2.05, 4.69) is 5.16 Å². The van der Waals surface area contributed by atoms with Crippen LogP contribution in [0.4, 0.5) is 0 Å². The predicted molar refractivity (Wildman–Crippen MR) is 62.3 cm³/mol. The second-order valence-electron chi connectivity index (χ2n) is 4.42. The fraction of sp³-hybridized carbons (Fsp3) is 0.889. The van der Waals surface area contributed by atoms with Crippen LogP contribution in [0.15, 0.2) is 5.16 Å². The quantitative estimate of drug-likeness (QED) is 0.303. The first-order valence-electron chi connectivity index (χ1n) is 5.24. The molecule has 0 amide bonds. The monoisotopic (exact) mass is 249 g/mol. The summed E-state index contributed by atoms with van der Waals surface area (Å²) < 4.78 is 22.6. The molecule has 1 fully saturated rings. The molecule has 0 saturated carbocycles. The molecule has 7 heteroatoms. The molecule has 2 unspecified atom stereocenters. The van der Waals surface area contributed by atoms with Crippen molar-refractivity contribution in [2.45, 2.75) is 19.4 Å². The predicted octanol–water partition coefficient (Wildman–Crippen LogP) is -0.512. The fourth-order valence-corrected chi connectivity index (χ4v) is 3.70. The van der Waals surface area contributed by atoms with Gasteiger partial charge in [0, 0.05) is 18.5 Å². The molecule has 0 spiro atoms. The van der Waals surface area contributed by atoms with Crippen molar-refractivity contribution in [3.63, 3.8) is 0 Å². The highest BCUT2D eigenvalue weighted by Gasteiger charge is 2.31. The van der Waals surface area contributed by atoms with Crippen LogP contribution in [0.3, 0.4) is 0 Å². The third-order valence-corrected chi connectivity index (χ3v) is 4.76. The van der Waals surface area contributed by atoms with Crippen LogP contribution in [0.25, 0.3) is 0 Å². The van der Waals surface area contributed by atoms with Gasteiger partial charge in [0.15, 0.2) is 9.84 Å². The highest BCUT2D eigenvalue weighted by atomic mass is 32.2. The van der Waals surface area contributed by atoms with Gasteiger partial charge in [0.2, 0.25) is 0 Å². The molecular weight excluding hydrogens is 230 g/mol. The van der Waals surface area contributed by atoms with Crippen LogP contribution in [-0.2, 0) is 9.84 Å². The topological polar surface area (TPSA) is 96.0 Å². The Kier molecular flexibility index (Phi) is 4.15. The van der Waals surface area contributed by atoms with Crippen molar-refractivity contribution in [1.82, 2.24) is 4.90 Å². The van der Waals surface area contributed by atoms with Crippen LogP contribution in [0, 0.1) is 5.92 Å². The third kappa shape index (κ3) is 3.34. The van der Waals surface area contributed by atoms with Crippen molar-refractivity contribution in [3.05, 3.63) is 0 Å². The summed E-state index contributed by atoms with van der Waals surface area (Å²) in [5, 5.41) is 11.5. The number of hydrogen-bond donors (Lipinski definition) is 2. The minimum absolute atomic E-state index is 0.0546. The number of oxime groups is 1. The van der Waals surface area contributed by atoms with Gasteiger partial charge in [-0.15, -0.1) is 0 Å². The molecule has 0 aromatic carbocycles. The van der Waals surface area contributed by atoms with E-state index < -0.39 is 9.84 Å². The average Bonchev–Trinajstić information content (AvgIpc) is 2.57. The van der Waals surface area contributed by atoms with E-state index in [-0.39, 0.29) is 29.3 Å². The molecule has 1 aliphatic rings. The summed E-state index contributed by atoms with van der Waals surface area (Å²) in [6.45, 7) is 2.44. The van der Waals surface area contributed by atoms with E-state index in [0.717, 1.165) is 0 Å². The number of hydrogen-bond acceptors (Lipinski definition) is 5. The van der Waals surface area contributed by atoms with Gasteiger partial charge in [0.05, 0.1) is 11.5 Å². The van der Waals surface area contributed by atoms with Gasteiger partial charge in [-0.3, -0.25) is 0 Å². The highest BCUT2D eigenvalue weighted by molar-refractivity contribution is 7.91. The zero-order valence-electron chi connectivity index (χ0n) is 9.63.